The Labute approximate surface area is 187 Å². The molecular formula is C24H29NO5S. The highest BCUT2D eigenvalue weighted by Crippen LogP contribution is 2.55. The van der Waals surface area contributed by atoms with E-state index in [9.17, 15) is 9.90 Å². The van der Waals surface area contributed by atoms with E-state index in [1.54, 1.807) is 26.2 Å². The van der Waals surface area contributed by atoms with E-state index in [-0.39, 0.29) is 5.91 Å². The molecule has 0 fully saturated rings. The number of benzene rings is 2. The van der Waals surface area contributed by atoms with Gasteiger partial charge in [-0.05, 0) is 42.4 Å². The summed E-state index contributed by atoms with van der Waals surface area (Å²) < 4.78 is 17.0. The Morgan fingerprint density at radius 2 is 1.87 bits per heavy atom. The van der Waals surface area contributed by atoms with Crippen molar-refractivity contribution in [2.75, 3.05) is 34.1 Å². The number of ether oxygens (including phenoxy) is 3. The quantitative estimate of drug-likeness (QED) is 0.638. The maximum Gasteiger partial charge on any atom is 0.257 e. The zero-order valence-corrected chi connectivity index (χ0v) is 19.5. The lowest BCUT2D eigenvalue weighted by atomic mass is 9.91. The molecule has 0 aromatic heterocycles. The molecule has 0 saturated heterocycles. The Balaban J connectivity index is 2.06. The average Bonchev–Trinajstić information content (AvgIpc) is 2.92. The first-order chi connectivity index (χ1) is 15.0. The molecular weight excluding hydrogens is 414 g/mol. The van der Waals surface area contributed by atoms with Crippen LogP contribution in [0.4, 0.5) is 0 Å². The lowest BCUT2D eigenvalue weighted by molar-refractivity contribution is -0.0893. The number of aryl methyl sites for hydroxylation is 1. The number of thioether (sulfide) groups is 1. The van der Waals surface area contributed by atoms with E-state index in [0.29, 0.717) is 47.8 Å². The Morgan fingerprint density at radius 3 is 2.48 bits per heavy atom. The minimum Gasteiger partial charge on any atom is -0.493 e. The fraction of sp³-hybridized carbons (Fsp3) is 0.458. The lowest BCUT2D eigenvalue weighted by Crippen LogP contribution is -2.44. The largest absolute Gasteiger partial charge is 0.493 e. The second-order valence-corrected chi connectivity index (χ2v) is 8.72. The maximum atomic E-state index is 13.5. The molecule has 6 nitrogen and oxygen atoms in total. The maximum absolute atomic E-state index is 13.5. The van der Waals surface area contributed by atoms with E-state index in [4.69, 9.17) is 14.2 Å². The second-order valence-electron chi connectivity index (χ2n) is 7.87. The molecule has 1 aliphatic carbocycles. The molecule has 1 N–H and O–H groups in total. The zero-order chi connectivity index (χ0) is 22.3. The highest BCUT2D eigenvalue weighted by molar-refractivity contribution is 7.98. The normalized spacial score (nSPS) is 19.0. The van der Waals surface area contributed by atoms with Crippen LogP contribution in [0.2, 0.25) is 0 Å². The molecule has 166 valence electrons. The fourth-order valence-corrected chi connectivity index (χ4v) is 5.50. The van der Waals surface area contributed by atoms with Gasteiger partial charge >= 0.3 is 0 Å². The van der Waals surface area contributed by atoms with Gasteiger partial charge in [-0.25, -0.2) is 0 Å². The summed E-state index contributed by atoms with van der Waals surface area (Å²) in [6, 6.07) is 5.91. The highest BCUT2D eigenvalue weighted by Gasteiger charge is 2.52. The Hall–Kier alpha value is -2.38. The van der Waals surface area contributed by atoms with Crippen LogP contribution in [0.5, 0.6) is 17.2 Å². The standard InChI is InChI=1S/C24H29NO5S/c1-6-7-12-25-23(26)19-17(31-5)9-8-15-18-14(10-11-24(25,27)20(15)19)13-16(28-2)21(29-3)22(18)30-4/h8-9,13,27H,6-7,10-12H2,1-5H3. The minimum absolute atomic E-state index is 0.0972. The summed E-state index contributed by atoms with van der Waals surface area (Å²) in [5, 5.41) is 12.0. The topological polar surface area (TPSA) is 68.2 Å². The van der Waals surface area contributed by atoms with Crippen LogP contribution in [0.1, 0.15) is 47.7 Å². The third kappa shape index (κ3) is 3.09. The Morgan fingerprint density at radius 1 is 1.13 bits per heavy atom. The molecule has 0 spiro atoms. The average molecular weight is 444 g/mol. The molecule has 1 heterocycles. The molecule has 1 amide bonds. The number of carbonyl (C=O) groups is 1. The van der Waals surface area contributed by atoms with E-state index in [1.165, 1.54) is 11.8 Å². The number of amides is 1. The smallest absolute Gasteiger partial charge is 0.257 e. The third-order valence-corrected chi connectivity index (χ3v) is 7.13. The molecule has 0 bridgehead atoms. The first-order valence-corrected chi connectivity index (χ1v) is 11.8. The van der Waals surface area contributed by atoms with Gasteiger partial charge in [-0.2, -0.15) is 0 Å². The first-order valence-electron chi connectivity index (χ1n) is 10.5. The number of carbonyl (C=O) groups excluding carboxylic acids is 1. The molecule has 0 saturated carbocycles. The van der Waals surface area contributed by atoms with Crippen LogP contribution in [0.15, 0.2) is 23.1 Å². The highest BCUT2D eigenvalue weighted by atomic mass is 32.2. The summed E-state index contributed by atoms with van der Waals surface area (Å²) >= 11 is 1.53. The second kappa shape index (κ2) is 8.28. The molecule has 1 unspecified atom stereocenters. The number of nitrogens with zero attached hydrogens (tertiary/aromatic N) is 1. The summed E-state index contributed by atoms with van der Waals surface area (Å²) in [5.41, 5.74) is 2.60. The number of unbranched alkanes of at least 4 members (excludes halogenated alkanes) is 1. The summed E-state index contributed by atoms with van der Waals surface area (Å²) in [4.78, 5) is 16.1. The van der Waals surface area contributed by atoms with Gasteiger partial charge in [-0.1, -0.05) is 19.4 Å². The van der Waals surface area contributed by atoms with Crippen LogP contribution in [0, 0.1) is 0 Å². The van der Waals surface area contributed by atoms with Crippen LogP contribution >= 0.6 is 11.8 Å². The van der Waals surface area contributed by atoms with Gasteiger partial charge < -0.3 is 24.2 Å². The first kappa shape index (κ1) is 21.8. The summed E-state index contributed by atoms with van der Waals surface area (Å²) in [7, 11) is 4.78. The van der Waals surface area contributed by atoms with E-state index < -0.39 is 5.72 Å². The van der Waals surface area contributed by atoms with Gasteiger partial charge in [0, 0.05) is 29.0 Å². The number of aliphatic hydroxyl groups is 1. The van der Waals surface area contributed by atoms with Gasteiger partial charge in [0.05, 0.1) is 26.9 Å². The van der Waals surface area contributed by atoms with Gasteiger partial charge in [-0.15, -0.1) is 11.8 Å². The number of hydrogen-bond donors (Lipinski definition) is 1. The van der Waals surface area contributed by atoms with Crippen LogP contribution in [0.3, 0.4) is 0 Å². The van der Waals surface area contributed by atoms with Gasteiger partial charge in [-0.3, -0.25) is 4.79 Å². The molecule has 2 aromatic rings. The van der Waals surface area contributed by atoms with Crippen molar-refractivity contribution in [1.82, 2.24) is 4.90 Å². The molecule has 4 rings (SSSR count). The Kier molecular flexibility index (Phi) is 5.83. The van der Waals surface area contributed by atoms with Crippen LogP contribution in [-0.2, 0) is 12.1 Å². The van der Waals surface area contributed by atoms with Crippen molar-refractivity contribution < 1.29 is 24.1 Å². The SMILES string of the molecule is CCCCN1C(=O)c2c(SC)ccc3c2C1(O)CCc1cc(OC)c(OC)c(OC)c1-3. The van der Waals surface area contributed by atoms with Crippen molar-refractivity contribution >= 4 is 17.7 Å². The zero-order valence-electron chi connectivity index (χ0n) is 18.7. The van der Waals surface area contributed by atoms with Crippen LogP contribution in [-0.4, -0.2) is 50.0 Å². The van der Waals surface area contributed by atoms with Gasteiger partial charge in [0.25, 0.3) is 5.91 Å². The molecule has 0 radical (unpaired) electrons. The van der Waals surface area contributed by atoms with Crippen molar-refractivity contribution in [3.63, 3.8) is 0 Å². The molecule has 31 heavy (non-hydrogen) atoms. The minimum atomic E-state index is -1.35. The summed E-state index contributed by atoms with van der Waals surface area (Å²) in [6.45, 7) is 2.61. The number of fused-ring (bicyclic) bond motifs is 2. The van der Waals surface area contributed by atoms with Crippen molar-refractivity contribution in [1.29, 1.82) is 0 Å². The number of methoxy groups -OCH3 is 3. The van der Waals surface area contributed by atoms with Crippen molar-refractivity contribution in [3.05, 3.63) is 34.9 Å². The van der Waals surface area contributed by atoms with E-state index in [2.05, 4.69) is 6.92 Å². The lowest BCUT2D eigenvalue weighted by Gasteiger charge is -2.34. The van der Waals surface area contributed by atoms with Gasteiger partial charge in [0.2, 0.25) is 5.75 Å². The molecule has 7 heteroatoms. The van der Waals surface area contributed by atoms with E-state index in [0.717, 1.165) is 34.4 Å². The third-order valence-electron chi connectivity index (χ3n) is 6.35. The monoisotopic (exact) mass is 443 g/mol. The van der Waals surface area contributed by atoms with E-state index in [1.807, 2.05) is 24.5 Å². The van der Waals surface area contributed by atoms with Crippen molar-refractivity contribution in [3.8, 4) is 28.4 Å². The van der Waals surface area contributed by atoms with Crippen molar-refractivity contribution in [2.24, 2.45) is 0 Å². The van der Waals surface area contributed by atoms with Gasteiger partial charge in [0.15, 0.2) is 17.2 Å². The number of rotatable bonds is 7. The molecule has 2 aromatic carbocycles. The van der Waals surface area contributed by atoms with Crippen LogP contribution in [0.25, 0.3) is 11.1 Å². The molecule has 1 aliphatic heterocycles. The molecule has 2 aliphatic rings. The van der Waals surface area contributed by atoms with Gasteiger partial charge in [0.1, 0.15) is 0 Å². The fourth-order valence-electron chi connectivity index (χ4n) is 4.90. The number of hydrogen-bond acceptors (Lipinski definition) is 6. The predicted octanol–water partition coefficient (Wildman–Crippen LogP) is 4.45. The molecule has 1 atom stereocenters. The van der Waals surface area contributed by atoms with Crippen molar-refractivity contribution in [2.45, 2.75) is 43.2 Å². The summed E-state index contributed by atoms with van der Waals surface area (Å²) in [5.74, 6) is 1.55. The van der Waals surface area contributed by atoms with Crippen LogP contribution < -0.4 is 14.2 Å². The Bertz CT molecular complexity index is 1040. The van der Waals surface area contributed by atoms with E-state index >= 15 is 0 Å². The summed E-state index contributed by atoms with van der Waals surface area (Å²) in [6.07, 6.45) is 4.72. The predicted molar refractivity (Wildman–Crippen MR) is 121 cm³/mol.